The third-order valence-corrected chi connectivity index (χ3v) is 2.30. The second kappa shape index (κ2) is 5.78. The van der Waals surface area contributed by atoms with Gasteiger partial charge in [-0.25, -0.2) is 4.98 Å². The van der Waals surface area contributed by atoms with Crippen molar-refractivity contribution in [3.8, 4) is 0 Å². The lowest BCUT2D eigenvalue weighted by molar-refractivity contribution is 0.311. The van der Waals surface area contributed by atoms with Crippen molar-refractivity contribution < 1.29 is 0 Å². The van der Waals surface area contributed by atoms with Gasteiger partial charge in [-0.05, 0) is 33.5 Å². The van der Waals surface area contributed by atoms with Gasteiger partial charge in [-0.3, -0.25) is 4.90 Å². The van der Waals surface area contributed by atoms with Crippen molar-refractivity contribution in [3.05, 3.63) is 18.2 Å². The van der Waals surface area contributed by atoms with Crippen LogP contribution in [-0.2, 0) is 13.1 Å². The molecule has 1 aromatic rings. The molecule has 0 amide bonds. The highest BCUT2D eigenvalue weighted by atomic mass is 15.2. The Bertz CT molecular complexity index is 256. The van der Waals surface area contributed by atoms with Crippen LogP contribution in [0.2, 0.25) is 0 Å². The van der Waals surface area contributed by atoms with Gasteiger partial charge in [-0.2, -0.15) is 0 Å². The zero-order valence-corrected chi connectivity index (χ0v) is 9.11. The Morgan fingerprint density at radius 1 is 1.57 bits per heavy atom. The largest absolute Gasteiger partial charge is 0.334 e. The van der Waals surface area contributed by atoms with Crippen molar-refractivity contribution in [2.45, 2.75) is 26.4 Å². The standard InChI is InChI=1S/C10H20N4/c1-3-14-8-6-12-10(14)9-13(2)7-4-5-11/h6,8H,3-5,7,9,11H2,1-2H3. The molecule has 4 heteroatoms. The van der Waals surface area contributed by atoms with Gasteiger partial charge >= 0.3 is 0 Å². The van der Waals surface area contributed by atoms with Crippen molar-refractivity contribution in [2.75, 3.05) is 20.1 Å². The van der Waals surface area contributed by atoms with E-state index in [0.717, 1.165) is 38.4 Å². The van der Waals surface area contributed by atoms with Gasteiger partial charge in [0.05, 0.1) is 6.54 Å². The molecule has 14 heavy (non-hydrogen) atoms. The number of aromatic nitrogens is 2. The summed E-state index contributed by atoms with van der Waals surface area (Å²) in [5, 5.41) is 0. The van der Waals surface area contributed by atoms with Gasteiger partial charge in [0, 0.05) is 18.9 Å². The number of hydrogen-bond donors (Lipinski definition) is 1. The summed E-state index contributed by atoms with van der Waals surface area (Å²) in [4.78, 5) is 6.58. The van der Waals surface area contributed by atoms with Gasteiger partial charge in [0.2, 0.25) is 0 Å². The predicted molar refractivity (Wildman–Crippen MR) is 57.9 cm³/mol. The van der Waals surface area contributed by atoms with E-state index in [0.29, 0.717) is 0 Å². The molecule has 0 atom stereocenters. The first-order valence-corrected chi connectivity index (χ1v) is 5.16. The Morgan fingerprint density at radius 2 is 2.36 bits per heavy atom. The highest BCUT2D eigenvalue weighted by Gasteiger charge is 2.04. The average molecular weight is 196 g/mol. The first-order chi connectivity index (χ1) is 6.77. The lowest BCUT2D eigenvalue weighted by Gasteiger charge is -2.16. The van der Waals surface area contributed by atoms with Gasteiger partial charge in [0.15, 0.2) is 0 Å². The lowest BCUT2D eigenvalue weighted by atomic mass is 10.4. The summed E-state index contributed by atoms with van der Waals surface area (Å²) in [6, 6.07) is 0. The van der Waals surface area contributed by atoms with E-state index in [1.54, 1.807) is 0 Å². The van der Waals surface area contributed by atoms with Crippen LogP contribution in [0.1, 0.15) is 19.2 Å². The van der Waals surface area contributed by atoms with Crippen LogP contribution in [0, 0.1) is 0 Å². The van der Waals surface area contributed by atoms with Crippen molar-refractivity contribution in [1.82, 2.24) is 14.5 Å². The Hall–Kier alpha value is -0.870. The molecular weight excluding hydrogens is 176 g/mol. The van der Waals surface area contributed by atoms with Crippen LogP contribution < -0.4 is 5.73 Å². The zero-order valence-electron chi connectivity index (χ0n) is 9.11. The molecule has 0 spiro atoms. The molecular formula is C10H20N4. The van der Waals surface area contributed by atoms with Crippen molar-refractivity contribution in [3.63, 3.8) is 0 Å². The summed E-state index contributed by atoms with van der Waals surface area (Å²) in [5.41, 5.74) is 5.46. The minimum atomic E-state index is 0.757. The van der Waals surface area contributed by atoms with Crippen LogP contribution in [0.25, 0.3) is 0 Å². The van der Waals surface area contributed by atoms with Gasteiger partial charge in [-0.1, -0.05) is 0 Å². The quantitative estimate of drug-likeness (QED) is 0.728. The maximum Gasteiger partial charge on any atom is 0.122 e. The molecule has 0 aliphatic carbocycles. The summed E-state index contributed by atoms with van der Waals surface area (Å²) in [6.07, 6.45) is 4.92. The monoisotopic (exact) mass is 196 g/mol. The molecule has 0 aromatic carbocycles. The molecule has 0 bridgehead atoms. The molecule has 4 nitrogen and oxygen atoms in total. The van der Waals surface area contributed by atoms with E-state index in [4.69, 9.17) is 5.73 Å². The Labute approximate surface area is 85.7 Å². The lowest BCUT2D eigenvalue weighted by Crippen LogP contribution is -2.23. The summed E-state index contributed by atoms with van der Waals surface area (Å²) in [6.45, 7) is 5.81. The van der Waals surface area contributed by atoms with E-state index >= 15 is 0 Å². The topological polar surface area (TPSA) is 47.1 Å². The second-order valence-corrected chi connectivity index (χ2v) is 3.51. The highest BCUT2D eigenvalue weighted by Crippen LogP contribution is 2.01. The van der Waals surface area contributed by atoms with E-state index in [1.165, 1.54) is 0 Å². The Morgan fingerprint density at radius 3 is 3.00 bits per heavy atom. The number of imidazole rings is 1. The fraction of sp³-hybridized carbons (Fsp3) is 0.700. The van der Waals surface area contributed by atoms with Gasteiger partial charge in [-0.15, -0.1) is 0 Å². The van der Waals surface area contributed by atoms with E-state index < -0.39 is 0 Å². The first kappa shape index (κ1) is 11.2. The van der Waals surface area contributed by atoms with E-state index in [9.17, 15) is 0 Å². The molecule has 0 saturated carbocycles. The molecule has 0 aliphatic rings. The normalized spacial score (nSPS) is 11.1. The molecule has 1 aromatic heterocycles. The molecule has 0 unspecified atom stereocenters. The van der Waals surface area contributed by atoms with Crippen LogP contribution in [0.15, 0.2) is 12.4 Å². The average Bonchev–Trinajstić information content (AvgIpc) is 2.62. The third-order valence-electron chi connectivity index (χ3n) is 2.30. The SMILES string of the molecule is CCn1ccnc1CN(C)CCCN. The summed E-state index contributed by atoms with van der Waals surface area (Å²) < 4.78 is 2.17. The van der Waals surface area contributed by atoms with Gasteiger partial charge in [0.25, 0.3) is 0 Å². The number of nitrogens with two attached hydrogens (primary N) is 1. The highest BCUT2D eigenvalue weighted by molar-refractivity contribution is 4.91. The summed E-state index contributed by atoms with van der Waals surface area (Å²) in [7, 11) is 2.10. The number of rotatable bonds is 6. The maximum absolute atomic E-state index is 5.46. The van der Waals surface area contributed by atoms with Crippen LogP contribution in [0.4, 0.5) is 0 Å². The van der Waals surface area contributed by atoms with E-state index in [-0.39, 0.29) is 0 Å². The van der Waals surface area contributed by atoms with E-state index in [1.807, 2.05) is 12.4 Å². The summed E-state index contributed by atoms with van der Waals surface area (Å²) in [5.74, 6) is 1.13. The Kier molecular flexibility index (Phi) is 4.62. The molecule has 0 saturated heterocycles. The fourth-order valence-electron chi connectivity index (χ4n) is 1.46. The molecule has 2 N–H and O–H groups in total. The minimum Gasteiger partial charge on any atom is -0.334 e. The smallest absolute Gasteiger partial charge is 0.122 e. The van der Waals surface area contributed by atoms with Crippen molar-refractivity contribution >= 4 is 0 Å². The van der Waals surface area contributed by atoms with Crippen LogP contribution >= 0.6 is 0 Å². The molecule has 1 rings (SSSR count). The van der Waals surface area contributed by atoms with E-state index in [2.05, 4.69) is 28.4 Å². The van der Waals surface area contributed by atoms with Crippen molar-refractivity contribution in [1.29, 1.82) is 0 Å². The first-order valence-electron chi connectivity index (χ1n) is 5.16. The molecule has 0 fully saturated rings. The fourth-order valence-corrected chi connectivity index (χ4v) is 1.46. The minimum absolute atomic E-state index is 0.757. The van der Waals surface area contributed by atoms with Crippen LogP contribution in [-0.4, -0.2) is 34.6 Å². The molecule has 0 aliphatic heterocycles. The zero-order chi connectivity index (χ0) is 10.4. The van der Waals surface area contributed by atoms with Crippen LogP contribution in [0.5, 0.6) is 0 Å². The second-order valence-electron chi connectivity index (χ2n) is 3.51. The molecule has 80 valence electrons. The third kappa shape index (κ3) is 3.12. The number of hydrogen-bond acceptors (Lipinski definition) is 3. The van der Waals surface area contributed by atoms with Gasteiger partial charge < -0.3 is 10.3 Å². The predicted octanol–water partition coefficient (Wildman–Crippen LogP) is 0.684. The van der Waals surface area contributed by atoms with Gasteiger partial charge in [0.1, 0.15) is 5.82 Å². The summed E-state index contributed by atoms with van der Waals surface area (Å²) >= 11 is 0. The Balaban J connectivity index is 2.42. The maximum atomic E-state index is 5.46. The van der Waals surface area contributed by atoms with Crippen LogP contribution in [0.3, 0.4) is 0 Å². The molecule has 0 radical (unpaired) electrons. The number of aryl methyl sites for hydroxylation is 1. The molecule has 1 heterocycles. The number of nitrogens with zero attached hydrogens (tertiary/aromatic N) is 3. The van der Waals surface area contributed by atoms with Crippen molar-refractivity contribution in [2.24, 2.45) is 5.73 Å².